The predicted molar refractivity (Wildman–Crippen MR) is 86.6 cm³/mol. The van der Waals surface area contributed by atoms with E-state index in [9.17, 15) is 0 Å². The van der Waals surface area contributed by atoms with Crippen molar-refractivity contribution in [3.63, 3.8) is 0 Å². The molecule has 21 heavy (non-hydrogen) atoms. The molecule has 0 bridgehead atoms. The summed E-state index contributed by atoms with van der Waals surface area (Å²) in [5.74, 6) is 1.66. The molecular formula is C18H29NO2. The molecule has 0 radical (unpaired) electrons. The molecule has 1 saturated carbocycles. The summed E-state index contributed by atoms with van der Waals surface area (Å²) in [4.78, 5) is 0. The summed E-state index contributed by atoms with van der Waals surface area (Å²) in [5.41, 5.74) is 2.43. The number of hydrogen-bond acceptors (Lipinski definition) is 3. The lowest BCUT2D eigenvalue weighted by molar-refractivity contribution is -0.0227. The van der Waals surface area contributed by atoms with Gasteiger partial charge in [-0.25, -0.2) is 0 Å². The highest BCUT2D eigenvalue weighted by atomic mass is 16.5. The summed E-state index contributed by atoms with van der Waals surface area (Å²) < 4.78 is 11.7. The average Bonchev–Trinajstić information content (AvgIpc) is 2.53. The third-order valence-electron chi connectivity index (χ3n) is 4.54. The fourth-order valence-corrected chi connectivity index (χ4v) is 3.32. The first-order chi connectivity index (χ1) is 10.3. The van der Waals surface area contributed by atoms with Crippen molar-refractivity contribution in [2.75, 3.05) is 14.2 Å². The van der Waals surface area contributed by atoms with Crippen LogP contribution in [0.1, 0.15) is 50.2 Å². The number of hydrogen-bond donors (Lipinski definition) is 1. The molecule has 0 saturated heterocycles. The molecule has 0 amide bonds. The summed E-state index contributed by atoms with van der Waals surface area (Å²) in [5, 5.41) is 3.19. The Morgan fingerprint density at radius 1 is 1.24 bits per heavy atom. The standard InChI is InChI=1S/C18H29NO2/c1-4-15-7-5-6-8-18(15)21-13-16-11-14(12-19-2)9-10-17(16)20-3/h9-11,15,18-19H,4-8,12-13H2,1-3H3. The Bertz CT molecular complexity index is 433. The molecule has 1 aromatic carbocycles. The van der Waals surface area contributed by atoms with Crippen molar-refractivity contribution in [1.29, 1.82) is 0 Å². The van der Waals surface area contributed by atoms with Gasteiger partial charge in [0.1, 0.15) is 5.75 Å². The molecule has 0 spiro atoms. The molecule has 118 valence electrons. The summed E-state index contributed by atoms with van der Waals surface area (Å²) in [7, 11) is 3.69. The van der Waals surface area contributed by atoms with Crippen LogP contribution >= 0.6 is 0 Å². The van der Waals surface area contributed by atoms with E-state index in [1.54, 1.807) is 7.11 Å². The summed E-state index contributed by atoms with van der Waals surface area (Å²) in [6.45, 7) is 3.81. The monoisotopic (exact) mass is 291 g/mol. The molecule has 3 nitrogen and oxygen atoms in total. The van der Waals surface area contributed by atoms with Crippen LogP contribution in [0, 0.1) is 5.92 Å². The van der Waals surface area contributed by atoms with Gasteiger partial charge in [0.25, 0.3) is 0 Å². The van der Waals surface area contributed by atoms with Gasteiger partial charge in [0.15, 0.2) is 0 Å². The molecular weight excluding hydrogens is 262 g/mol. The Morgan fingerprint density at radius 2 is 2.05 bits per heavy atom. The molecule has 0 heterocycles. The maximum atomic E-state index is 6.25. The second-order valence-corrected chi connectivity index (χ2v) is 5.98. The van der Waals surface area contributed by atoms with Gasteiger partial charge in [0, 0.05) is 12.1 Å². The average molecular weight is 291 g/mol. The lowest BCUT2D eigenvalue weighted by Gasteiger charge is -2.31. The van der Waals surface area contributed by atoms with Gasteiger partial charge in [-0.05, 0) is 43.5 Å². The molecule has 0 aromatic heterocycles. The molecule has 1 aromatic rings. The maximum Gasteiger partial charge on any atom is 0.124 e. The van der Waals surface area contributed by atoms with Crippen molar-refractivity contribution < 1.29 is 9.47 Å². The van der Waals surface area contributed by atoms with Crippen LogP contribution in [0.15, 0.2) is 18.2 Å². The van der Waals surface area contributed by atoms with Crippen molar-refractivity contribution in [3.05, 3.63) is 29.3 Å². The van der Waals surface area contributed by atoms with E-state index in [1.165, 1.54) is 37.7 Å². The molecule has 2 unspecified atom stereocenters. The third-order valence-corrected chi connectivity index (χ3v) is 4.54. The van der Waals surface area contributed by atoms with Gasteiger partial charge in [-0.1, -0.05) is 32.3 Å². The predicted octanol–water partition coefficient (Wildman–Crippen LogP) is 3.90. The number of ether oxygens (including phenoxy) is 2. The minimum Gasteiger partial charge on any atom is -0.496 e. The van der Waals surface area contributed by atoms with Gasteiger partial charge < -0.3 is 14.8 Å². The second kappa shape index (κ2) is 8.40. The Kier molecular flexibility index (Phi) is 6.52. The number of benzene rings is 1. The van der Waals surface area contributed by atoms with E-state index in [1.807, 2.05) is 13.1 Å². The topological polar surface area (TPSA) is 30.5 Å². The summed E-state index contributed by atoms with van der Waals surface area (Å²) in [6.07, 6.45) is 6.83. The van der Waals surface area contributed by atoms with E-state index in [0.717, 1.165) is 23.8 Å². The fraction of sp³-hybridized carbons (Fsp3) is 0.667. The zero-order valence-corrected chi connectivity index (χ0v) is 13.7. The minimum atomic E-state index is 0.418. The van der Waals surface area contributed by atoms with E-state index in [2.05, 4.69) is 24.4 Å². The van der Waals surface area contributed by atoms with Crippen LogP contribution < -0.4 is 10.1 Å². The van der Waals surface area contributed by atoms with Gasteiger partial charge in [0.2, 0.25) is 0 Å². The highest BCUT2D eigenvalue weighted by molar-refractivity contribution is 5.36. The molecule has 1 fully saturated rings. The summed E-state index contributed by atoms with van der Waals surface area (Å²) in [6, 6.07) is 6.34. The Morgan fingerprint density at radius 3 is 2.76 bits per heavy atom. The first kappa shape index (κ1) is 16.3. The maximum absolute atomic E-state index is 6.25. The van der Waals surface area contributed by atoms with Gasteiger partial charge in [-0.2, -0.15) is 0 Å². The number of rotatable bonds is 7. The fourth-order valence-electron chi connectivity index (χ4n) is 3.32. The molecule has 1 aliphatic carbocycles. The van der Waals surface area contributed by atoms with Crippen molar-refractivity contribution >= 4 is 0 Å². The SMILES string of the molecule is CCC1CCCCC1OCc1cc(CNC)ccc1OC. The highest BCUT2D eigenvalue weighted by Crippen LogP contribution is 2.31. The number of methoxy groups -OCH3 is 1. The molecule has 1 aliphatic rings. The molecule has 0 aliphatic heterocycles. The van der Waals surface area contributed by atoms with E-state index < -0.39 is 0 Å². The van der Waals surface area contributed by atoms with Crippen LogP contribution in [-0.2, 0) is 17.9 Å². The van der Waals surface area contributed by atoms with Crippen LogP contribution in [0.4, 0.5) is 0 Å². The molecule has 2 atom stereocenters. The first-order valence-corrected chi connectivity index (χ1v) is 8.20. The molecule has 1 N–H and O–H groups in total. The largest absolute Gasteiger partial charge is 0.496 e. The first-order valence-electron chi connectivity index (χ1n) is 8.20. The second-order valence-electron chi connectivity index (χ2n) is 5.98. The molecule has 3 heteroatoms. The lowest BCUT2D eigenvalue weighted by atomic mass is 9.85. The van der Waals surface area contributed by atoms with Crippen LogP contribution in [0.2, 0.25) is 0 Å². The van der Waals surface area contributed by atoms with Crippen molar-refractivity contribution in [2.45, 2.75) is 58.3 Å². The van der Waals surface area contributed by atoms with Gasteiger partial charge >= 0.3 is 0 Å². The lowest BCUT2D eigenvalue weighted by Crippen LogP contribution is -2.27. The van der Waals surface area contributed by atoms with E-state index in [-0.39, 0.29) is 0 Å². The smallest absolute Gasteiger partial charge is 0.124 e. The van der Waals surface area contributed by atoms with Crippen LogP contribution in [0.25, 0.3) is 0 Å². The quantitative estimate of drug-likeness (QED) is 0.826. The van der Waals surface area contributed by atoms with Gasteiger partial charge in [-0.3, -0.25) is 0 Å². The minimum absolute atomic E-state index is 0.418. The Balaban J connectivity index is 2.01. The highest BCUT2D eigenvalue weighted by Gasteiger charge is 2.24. The zero-order chi connectivity index (χ0) is 15.1. The van der Waals surface area contributed by atoms with Gasteiger partial charge in [0.05, 0.1) is 19.8 Å². The van der Waals surface area contributed by atoms with Crippen LogP contribution in [0.3, 0.4) is 0 Å². The van der Waals surface area contributed by atoms with Crippen molar-refractivity contribution in [1.82, 2.24) is 5.32 Å². The van der Waals surface area contributed by atoms with E-state index >= 15 is 0 Å². The Hall–Kier alpha value is -1.06. The van der Waals surface area contributed by atoms with Crippen LogP contribution in [-0.4, -0.2) is 20.3 Å². The van der Waals surface area contributed by atoms with Crippen molar-refractivity contribution in [3.8, 4) is 5.75 Å². The van der Waals surface area contributed by atoms with E-state index in [0.29, 0.717) is 12.7 Å². The number of nitrogens with one attached hydrogen (secondary N) is 1. The third kappa shape index (κ3) is 4.45. The van der Waals surface area contributed by atoms with E-state index in [4.69, 9.17) is 9.47 Å². The zero-order valence-electron chi connectivity index (χ0n) is 13.7. The normalized spacial score (nSPS) is 22.2. The van der Waals surface area contributed by atoms with Gasteiger partial charge in [-0.15, -0.1) is 0 Å². The van der Waals surface area contributed by atoms with Crippen molar-refractivity contribution in [2.24, 2.45) is 5.92 Å². The van der Waals surface area contributed by atoms with Crippen LogP contribution in [0.5, 0.6) is 5.75 Å². The summed E-state index contributed by atoms with van der Waals surface area (Å²) >= 11 is 0. The molecule has 2 rings (SSSR count). The Labute approximate surface area is 129 Å².